The quantitative estimate of drug-likeness (QED) is 0.515. The molecule has 0 aromatic heterocycles. The van der Waals surface area contributed by atoms with Crippen LogP contribution in [0.25, 0.3) is 0 Å². The van der Waals surface area contributed by atoms with E-state index in [4.69, 9.17) is 0 Å². The first-order valence-corrected chi connectivity index (χ1v) is 8.02. The summed E-state index contributed by atoms with van der Waals surface area (Å²) in [6, 6.07) is 8.86. The zero-order chi connectivity index (χ0) is 14.1. The van der Waals surface area contributed by atoms with Gasteiger partial charge in [0.1, 0.15) is 0 Å². The van der Waals surface area contributed by atoms with Crippen LogP contribution >= 0.6 is 0 Å². The van der Waals surface area contributed by atoms with Crippen molar-refractivity contribution in [3.8, 4) is 0 Å². The predicted octanol–water partition coefficient (Wildman–Crippen LogP) is 2.83. The van der Waals surface area contributed by atoms with Crippen molar-refractivity contribution in [2.24, 2.45) is 0 Å². The van der Waals surface area contributed by atoms with Gasteiger partial charge in [0.05, 0.1) is 5.75 Å². The van der Waals surface area contributed by atoms with E-state index in [9.17, 15) is 13.6 Å². The van der Waals surface area contributed by atoms with Crippen molar-refractivity contribution in [2.75, 3.05) is 5.75 Å². The predicted molar refractivity (Wildman–Crippen MR) is 74.4 cm³/mol. The van der Waals surface area contributed by atoms with Crippen molar-refractivity contribution < 1.29 is 12.7 Å². The lowest BCUT2D eigenvalue weighted by atomic mass is 10.2. The molecular formula is C13H20NO4S-. The van der Waals surface area contributed by atoms with Crippen molar-refractivity contribution in [3.63, 3.8) is 0 Å². The van der Waals surface area contributed by atoms with Gasteiger partial charge >= 0.3 is 0 Å². The minimum absolute atomic E-state index is 0.102. The average molecular weight is 286 g/mol. The normalized spacial score (nSPS) is 11.9. The zero-order valence-corrected chi connectivity index (χ0v) is 11.9. The third-order valence-corrected chi connectivity index (χ3v) is 3.78. The van der Waals surface area contributed by atoms with Gasteiger partial charge in [-0.15, -0.1) is 0 Å². The van der Waals surface area contributed by atoms with Gasteiger partial charge in [-0.1, -0.05) is 56.5 Å². The smallest absolute Gasteiger partial charge is 0.282 e. The second-order valence-corrected chi connectivity index (χ2v) is 6.05. The molecule has 0 fully saturated rings. The van der Waals surface area contributed by atoms with Crippen LogP contribution in [0.1, 0.15) is 38.2 Å². The van der Waals surface area contributed by atoms with Crippen molar-refractivity contribution in [1.29, 1.82) is 0 Å². The standard InChI is InChI=1S/C13H20NO4S/c1-2-3-4-8-11-19(16,17)18-14(15)12-13-9-6-5-7-10-13/h5-7,9-10H,2-4,8,11-12H2,1H3/q-1. The summed E-state index contributed by atoms with van der Waals surface area (Å²) in [5.74, 6) is -0.111. The summed E-state index contributed by atoms with van der Waals surface area (Å²) in [4.78, 5) is 0. The Morgan fingerprint density at radius 2 is 1.84 bits per heavy atom. The van der Waals surface area contributed by atoms with E-state index in [0.717, 1.165) is 19.3 Å². The van der Waals surface area contributed by atoms with Crippen LogP contribution in [0, 0.1) is 5.21 Å². The van der Waals surface area contributed by atoms with E-state index in [0.29, 0.717) is 12.0 Å². The Bertz CT molecular complexity index is 447. The van der Waals surface area contributed by atoms with Crippen LogP contribution in [-0.2, 0) is 20.9 Å². The van der Waals surface area contributed by atoms with E-state index in [1.54, 1.807) is 24.3 Å². The van der Waals surface area contributed by atoms with Crippen molar-refractivity contribution in [2.45, 2.75) is 39.2 Å². The summed E-state index contributed by atoms with van der Waals surface area (Å²) in [6.45, 7) is 1.94. The summed E-state index contributed by atoms with van der Waals surface area (Å²) in [6.07, 6.45) is 3.37. The van der Waals surface area contributed by atoms with E-state index in [2.05, 4.69) is 4.28 Å². The van der Waals surface area contributed by atoms with E-state index >= 15 is 0 Å². The van der Waals surface area contributed by atoms with Gasteiger partial charge in [0, 0.05) is 6.54 Å². The lowest BCUT2D eigenvalue weighted by molar-refractivity contribution is -0.00732. The first-order chi connectivity index (χ1) is 9.03. The molecule has 1 aromatic rings. The molecule has 1 rings (SSSR count). The maximum absolute atomic E-state index is 11.5. The molecule has 0 N–H and O–H groups in total. The molecule has 0 unspecified atom stereocenters. The van der Waals surface area contributed by atoms with Gasteiger partial charge in [-0.3, -0.25) is 0 Å². The third-order valence-electron chi connectivity index (χ3n) is 2.60. The number of benzene rings is 1. The van der Waals surface area contributed by atoms with Gasteiger partial charge < -0.3 is 5.21 Å². The maximum Gasteiger partial charge on any atom is 0.282 e. The Hall–Kier alpha value is -0.950. The zero-order valence-electron chi connectivity index (χ0n) is 11.1. The molecule has 0 bridgehead atoms. The highest BCUT2D eigenvalue weighted by Crippen LogP contribution is 2.09. The molecule has 5 nitrogen and oxygen atoms in total. The lowest BCUT2D eigenvalue weighted by Crippen LogP contribution is -2.23. The summed E-state index contributed by atoms with van der Waals surface area (Å²) in [5, 5.41) is 11.5. The maximum atomic E-state index is 11.5. The highest BCUT2D eigenvalue weighted by molar-refractivity contribution is 7.86. The van der Waals surface area contributed by atoms with Crippen molar-refractivity contribution in [1.82, 2.24) is 5.23 Å². The Balaban J connectivity index is 2.36. The van der Waals surface area contributed by atoms with E-state index < -0.39 is 10.1 Å². The number of hydroxylamine groups is 2. The summed E-state index contributed by atoms with van der Waals surface area (Å²) in [7, 11) is -3.77. The molecule has 0 aliphatic heterocycles. The SMILES string of the molecule is CCCCCCS(=O)(=O)ON([O-])Cc1ccccc1. The van der Waals surface area contributed by atoms with Crippen LogP contribution in [0.3, 0.4) is 0 Å². The molecule has 0 radical (unpaired) electrons. The highest BCUT2D eigenvalue weighted by atomic mass is 32.2. The second-order valence-electron chi connectivity index (χ2n) is 4.37. The molecule has 0 saturated heterocycles. The largest absolute Gasteiger partial charge is 0.761 e. The van der Waals surface area contributed by atoms with Gasteiger partial charge in [0.2, 0.25) is 0 Å². The summed E-state index contributed by atoms with van der Waals surface area (Å²) in [5.41, 5.74) is 0.707. The van der Waals surface area contributed by atoms with Crippen LogP contribution in [-0.4, -0.2) is 19.4 Å². The van der Waals surface area contributed by atoms with E-state index in [-0.39, 0.29) is 17.5 Å². The number of hydrogen-bond acceptors (Lipinski definition) is 5. The molecule has 6 heteroatoms. The molecule has 0 aliphatic carbocycles. The highest BCUT2D eigenvalue weighted by Gasteiger charge is 2.12. The first kappa shape index (κ1) is 16.1. The summed E-state index contributed by atoms with van der Waals surface area (Å²) < 4.78 is 27.5. The molecule has 0 heterocycles. The monoisotopic (exact) mass is 286 g/mol. The fourth-order valence-corrected chi connectivity index (χ4v) is 2.57. The fraction of sp³-hybridized carbons (Fsp3) is 0.538. The van der Waals surface area contributed by atoms with Gasteiger partial charge in [-0.2, -0.15) is 12.7 Å². The minimum atomic E-state index is -3.77. The number of rotatable bonds is 9. The molecule has 0 amide bonds. The Kier molecular flexibility index (Phi) is 7.01. The van der Waals surface area contributed by atoms with Gasteiger partial charge in [-0.25, -0.2) is 5.23 Å². The Labute approximate surface area is 114 Å². The van der Waals surface area contributed by atoms with Crippen molar-refractivity contribution >= 4 is 10.1 Å². The van der Waals surface area contributed by atoms with Crippen molar-refractivity contribution in [3.05, 3.63) is 41.1 Å². The molecule has 1 aromatic carbocycles. The molecule has 19 heavy (non-hydrogen) atoms. The van der Waals surface area contributed by atoms with Gasteiger partial charge in [0.25, 0.3) is 10.1 Å². The Morgan fingerprint density at radius 1 is 1.16 bits per heavy atom. The summed E-state index contributed by atoms with van der Waals surface area (Å²) >= 11 is 0. The van der Waals surface area contributed by atoms with E-state index in [1.165, 1.54) is 0 Å². The number of nitrogens with zero attached hydrogens (tertiary/aromatic N) is 1. The molecule has 0 aliphatic rings. The molecule has 0 spiro atoms. The van der Waals surface area contributed by atoms with Crippen LogP contribution in [0.2, 0.25) is 0 Å². The molecule has 0 saturated carbocycles. The lowest BCUT2D eigenvalue weighted by Gasteiger charge is -2.25. The van der Waals surface area contributed by atoms with Crippen LogP contribution in [0.5, 0.6) is 0 Å². The first-order valence-electron chi connectivity index (χ1n) is 6.44. The topological polar surface area (TPSA) is 69.7 Å². The van der Waals surface area contributed by atoms with Crippen LogP contribution in [0.15, 0.2) is 30.3 Å². The molecule has 0 atom stereocenters. The third kappa shape index (κ3) is 7.27. The van der Waals surface area contributed by atoms with Gasteiger partial charge in [0.15, 0.2) is 0 Å². The number of hydrogen-bond donors (Lipinski definition) is 0. The number of unbranched alkanes of at least 4 members (excludes halogenated alkanes) is 3. The molecule has 108 valence electrons. The Morgan fingerprint density at radius 3 is 2.47 bits per heavy atom. The molecular weight excluding hydrogens is 266 g/mol. The van der Waals surface area contributed by atoms with Gasteiger partial charge in [-0.05, 0) is 12.0 Å². The van der Waals surface area contributed by atoms with Crippen LogP contribution < -0.4 is 0 Å². The minimum Gasteiger partial charge on any atom is -0.761 e. The second kappa shape index (κ2) is 8.27. The van der Waals surface area contributed by atoms with E-state index in [1.807, 2.05) is 13.0 Å². The average Bonchev–Trinajstić information content (AvgIpc) is 2.35. The fourth-order valence-electron chi connectivity index (χ4n) is 1.63. The van der Waals surface area contributed by atoms with Crippen LogP contribution in [0.4, 0.5) is 0 Å².